The summed E-state index contributed by atoms with van der Waals surface area (Å²) >= 11 is 3.03. The first-order valence-electron chi connectivity index (χ1n) is 6.24. The number of carbonyl (C=O) groups is 1. The summed E-state index contributed by atoms with van der Waals surface area (Å²) in [5.41, 5.74) is -0.668. The Morgan fingerprint density at radius 1 is 1.43 bits per heavy atom. The van der Waals surface area contributed by atoms with E-state index < -0.39 is 11.7 Å². The second-order valence-corrected chi connectivity index (χ2v) is 5.58. The molecule has 1 aliphatic heterocycles. The molecule has 2 N–H and O–H groups in total. The molecule has 0 saturated carbocycles. The van der Waals surface area contributed by atoms with Gasteiger partial charge in [-0.05, 0) is 37.1 Å². The molecule has 0 aromatic heterocycles. The molecule has 3 nitrogen and oxygen atoms in total. The van der Waals surface area contributed by atoms with Gasteiger partial charge in [0.05, 0.1) is 11.6 Å². The fourth-order valence-corrected chi connectivity index (χ4v) is 2.54. The van der Waals surface area contributed by atoms with Gasteiger partial charge in [0.25, 0.3) is 0 Å². The van der Waals surface area contributed by atoms with Crippen molar-refractivity contribution in [3.63, 3.8) is 0 Å². The zero-order valence-corrected chi connectivity index (χ0v) is 13.4. The van der Waals surface area contributed by atoms with Crippen LogP contribution in [0, 0.1) is 0 Å². The largest absolute Gasteiger partial charge is 0.416 e. The van der Waals surface area contributed by atoms with Gasteiger partial charge in [-0.1, -0.05) is 22.0 Å². The molecule has 1 amide bonds. The van der Waals surface area contributed by atoms with Crippen molar-refractivity contribution in [3.05, 3.63) is 33.8 Å². The zero-order chi connectivity index (χ0) is 14.8. The first kappa shape index (κ1) is 18.3. The lowest BCUT2D eigenvalue weighted by atomic mass is 10.1. The summed E-state index contributed by atoms with van der Waals surface area (Å²) in [7, 11) is 0. The number of benzene rings is 1. The molecule has 1 heterocycles. The van der Waals surface area contributed by atoms with Gasteiger partial charge in [-0.15, -0.1) is 12.4 Å². The Balaban J connectivity index is 0.00000220. The van der Waals surface area contributed by atoms with E-state index in [9.17, 15) is 18.0 Å². The first-order chi connectivity index (χ1) is 9.38. The fourth-order valence-electron chi connectivity index (χ4n) is 2.18. The van der Waals surface area contributed by atoms with Crippen LogP contribution in [0.3, 0.4) is 0 Å². The minimum atomic E-state index is -4.44. The lowest BCUT2D eigenvalue weighted by molar-refractivity contribution is -0.138. The van der Waals surface area contributed by atoms with E-state index in [1.165, 1.54) is 12.1 Å². The number of hydrogen-bond acceptors (Lipinski definition) is 2. The van der Waals surface area contributed by atoms with Crippen molar-refractivity contribution in [2.45, 2.75) is 31.6 Å². The summed E-state index contributed by atoms with van der Waals surface area (Å²) < 4.78 is 39.1. The minimum Gasteiger partial charge on any atom is -0.351 e. The Morgan fingerprint density at radius 2 is 2.14 bits per heavy atom. The SMILES string of the molecule is Cl.O=C(NCc1ccc(Br)cc1C(F)(F)F)C1CCCN1. The lowest BCUT2D eigenvalue weighted by Crippen LogP contribution is -2.40. The van der Waals surface area contributed by atoms with Crippen molar-refractivity contribution in [1.82, 2.24) is 10.6 Å². The van der Waals surface area contributed by atoms with Gasteiger partial charge in [0.15, 0.2) is 0 Å². The number of hydrogen-bond donors (Lipinski definition) is 2. The van der Waals surface area contributed by atoms with Crippen LogP contribution in [0.15, 0.2) is 22.7 Å². The number of amides is 1. The van der Waals surface area contributed by atoms with Crippen LogP contribution in [-0.4, -0.2) is 18.5 Å². The highest BCUT2D eigenvalue weighted by Crippen LogP contribution is 2.33. The molecule has 1 aromatic carbocycles. The molecular weight excluding hydrogens is 373 g/mol. The van der Waals surface area contributed by atoms with Crippen molar-refractivity contribution in [1.29, 1.82) is 0 Å². The van der Waals surface area contributed by atoms with Crippen molar-refractivity contribution in [2.75, 3.05) is 6.54 Å². The Hall–Kier alpha value is -0.790. The van der Waals surface area contributed by atoms with Gasteiger partial charge in [-0.25, -0.2) is 0 Å². The third kappa shape index (κ3) is 4.86. The molecule has 0 radical (unpaired) electrons. The molecule has 0 bridgehead atoms. The van der Waals surface area contributed by atoms with Crippen molar-refractivity contribution < 1.29 is 18.0 Å². The second kappa shape index (κ2) is 7.47. The van der Waals surface area contributed by atoms with Crippen LogP contribution >= 0.6 is 28.3 Å². The zero-order valence-electron chi connectivity index (χ0n) is 11.0. The minimum absolute atomic E-state index is 0. The number of rotatable bonds is 3. The van der Waals surface area contributed by atoms with E-state index in [0.29, 0.717) is 4.47 Å². The quantitative estimate of drug-likeness (QED) is 0.836. The molecule has 21 heavy (non-hydrogen) atoms. The highest BCUT2D eigenvalue weighted by Gasteiger charge is 2.33. The maximum atomic E-state index is 12.9. The Morgan fingerprint density at radius 3 is 2.71 bits per heavy atom. The maximum absolute atomic E-state index is 12.9. The fraction of sp³-hybridized carbons (Fsp3) is 0.462. The van der Waals surface area contributed by atoms with Gasteiger partial charge in [0.1, 0.15) is 0 Å². The van der Waals surface area contributed by atoms with E-state index in [-0.39, 0.29) is 36.5 Å². The maximum Gasteiger partial charge on any atom is 0.416 e. The van der Waals surface area contributed by atoms with E-state index in [4.69, 9.17) is 0 Å². The molecule has 118 valence electrons. The summed E-state index contributed by atoms with van der Waals surface area (Å²) in [4.78, 5) is 11.8. The van der Waals surface area contributed by atoms with Gasteiger partial charge in [0.2, 0.25) is 5.91 Å². The summed E-state index contributed by atoms with van der Waals surface area (Å²) in [6.07, 6.45) is -2.81. The van der Waals surface area contributed by atoms with E-state index in [1.54, 1.807) is 0 Å². The van der Waals surface area contributed by atoms with E-state index in [1.807, 2.05) is 0 Å². The standard InChI is InChI=1S/C13H14BrF3N2O.ClH/c14-9-4-3-8(10(6-9)13(15,16)17)7-19-12(20)11-2-1-5-18-11;/h3-4,6,11,18H,1-2,5,7H2,(H,19,20);1H. The molecule has 8 heteroatoms. The van der Waals surface area contributed by atoms with Gasteiger partial charge >= 0.3 is 6.18 Å². The molecule has 1 fully saturated rings. The number of nitrogens with one attached hydrogen (secondary N) is 2. The molecule has 1 aliphatic rings. The van der Waals surface area contributed by atoms with Crippen molar-refractivity contribution in [2.24, 2.45) is 0 Å². The average molecular weight is 388 g/mol. The smallest absolute Gasteiger partial charge is 0.351 e. The topological polar surface area (TPSA) is 41.1 Å². The van der Waals surface area contributed by atoms with E-state index in [2.05, 4.69) is 26.6 Å². The van der Waals surface area contributed by atoms with Crippen molar-refractivity contribution >= 4 is 34.2 Å². The van der Waals surface area contributed by atoms with Gasteiger partial charge in [-0.3, -0.25) is 4.79 Å². The predicted molar refractivity (Wildman–Crippen MR) is 79.3 cm³/mol. The molecule has 2 rings (SSSR count). The number of carbonyl (C=O) groups excluding carboxylic acids is 1. The number of alkyl halides is 3. The first-order valence-corrected chi connectivity index (χ1v) is 7.04. The normalized spacial score (nSPS) is 18.2. The predicted octanol–water partition coefficient (Wildman–Crippen LogP) is 3.26. The van der Waals surface area contributed by atoms with E-state index in [0.717, 1.165) is 25.5 Å². The van der Waals surface area contributed by atoms with Crippen LogP contribution in [0.4, 0.5) is 13.2 Å². The Labute approximate surface area is 135 Å². The third-order valence-corrected chi connectivity index (χ3v) is 3.70. The van der Waals surface area contributed by atoms with Gasteiger partial charge in [-0.2, -0.15) is 13.2 Å². The van der Waals surface area contributed by atoms with Gasteiger partial charge < -0.3 is 10.6 Å². The van der Waals surface area contributed by atoms with Crippen LogP contribution < -0.4 is 10.6 Å². The van der Waals surface area contributed by atoms with E-state index >= 15 is 0 Å². The van der Waals surface area contributed by atoms with Crippen LogP contribution in [0.5, 0.6) is 0 Å². The van der Waals surface area contributed by atoms with Gasteiger partial charge in [0, 0.05) is 11.0 Å². The molecule has 1 atom stereocenters. The second-order valence-electron chi connectivity index (χ2n) is 4.67. The summed E-state index contributed by atoms with van der Waals surface area (Å²) in [6.45, 7) is 0.642. The van der Waals surface area contributed by atoms with Crippen LogP contribution in [-0.2, 0) is 17.5 Å². The lowest BCUT2D eigenvalue weighted by Gasteiger charge is -2.15. The Bertz CT molecular complexity index is 505. The molecule has 0 aliphatic carbocycles. The molecule has 1 aromatic rings. The highest BCUT2D eigenvalue weighted by molar-refractivity contribution is 9.10. The average Bonchev–Trinajstić information content (AvgIpc) is 2.89. The Kier molecular flexibility index (Phi) is 6.49. The third-order valence-electron chi connectivity index (χ3n) is 3.21. The molecular formula is C13H15BrClF3N2O. The molecule has 1 unspecified atom stereocenters. The number of halogens is 5. The summed E-state index contributed by atoms with van der Waals surface area (Å²) in [5, 5.41) is 5.56. The van der Waals surface area contributed by atoms with Crippen LogP contribution in [0.2, 0.25) is 0 Å². The molecule has 0 spiro atoms. The van der Waals surface area contributed by atoms with Crippen LogP contribution in [0.1, 0.15) is 24.0 Å². The summed E-state index contributed by atoms with van der Waals surface area (Å²) in [5.74, 6) is -0.251. The van der Waals surface area contributed by atoms with Crippen molar-refractivity contribution in [3.8, 4) is 0 Å². The molecule has 1 saturated heterocycles. The van der Waals surface area contributed by atoms with Crippen LogP contribution in [0.25, 0.3) is 0 Å². The monoisotopic (exact) mass is 386 g/mol. The summed E-state index contributed by atoms with van der Waals surface area (Å²) in [6, 6.07) is 3.63. The highest BCUT2D eigenvalue weighted by atomic mass is 79.9.